The molecule has 0 spiro atoms. The van der Waals surface area contributed by atoms with Gasteiger partial charge in [-0.05, 0) is 36.2 Å². The van der Waals surface area contributed by atoms with Gasteiger partial charge in [0, 0.05) is 16.8 Å². The third kappa shape index (κ3) is 1.95. The number of rotatable bonds is 1. The van der Waals surface area contributed by atoms with Crippen LogP contribution in [0, 0.1) is 6.92 Å². The Labute approximate surface area is 93.7 Å². The summed E-state index contributed by atoms with van der Waals surface area (Å²) in [4.78, 5) is 4.04. The summed E-state index contributed by atoms with van der Waals surface area (Å²) in [5.41, 5.74) is 8.76. The molecule has 0 unspecified atom stereocenters. The molecule has 0 bridgehead atoms. The van der Waals surface area contributed by atoms with Gasteiger partial charge in [0.05, 0.1) is 0 Å². The molecule has 0 saturated carbocycles. The zero-order chi connectivity index (χ0) is 10.8. The van der Waals surface area contributed by atoms with Gasteiger partial charge in [0.25, 0.3) is 0 Å². The molecular weight excluding hydrogens is 208 g/mol. The van der Waals surface area contributed by atoms with E-state index in [-0.39, 0.29) is 0 Å². The van der Waals surface area contributed by atoms with Crippen molar-refractivity contribution in [3.8, 4) is 11.1 Å². The van der Waals surface area contributed by atoms with Crippen molar-refractivity contribution >= 4 is 17.4 Å². The smallest absolute Gasteiger partial charge is 0.131 e. The third-order valence-corrected chi connectivity index (χ3v) is 2.73. The maximum atomic E-state index is 6.05. The Kier molecular flexibility index (Phi) is 2.60. The van der Waals surface area contributed by atoms with Crippen molar-refractivity contribution in [3.05, 3.63) is 47.1 Å². The number of hydrogen-bond acceptors (Lipinski definition) is 2. The molecule has 1 aromatic heterocycles. The Morgan fingerprint density at radius 3 is 2.73 bits per heavy atom. The van der Waals surface area contributed by atoms with Gasteiger partial charge in [0.1, 0.15) is 5.82 Å². The summed E-state index contributed by atoms with van der Waals surface area (Å²) in [5, 5.41) is 0.746. The molecule has 0 amide bonds. The van der Waals surface area contributed by atoms with Crippen LogP contribution in [0.1, 0.15) is 5.56 Å². The minimum absolute atomic E-state index is 0.525. The Hall–Kier alpha value is -1.54. The number of nitrogen functional groups attached to an aromatic ring is 1. The Bertz CT molecular complexity index is 495. The van der Waals surface area contributed by atoms with Gasteiger partial charge in [-0.15, -0.1) is 0 Å². The van der Waals surface area contributed by atoms with Gasteiger partial charge < -0.3 is 5.73 Å². The molecule has 15 heavy (non-hydrogen) atoms. The first-order valence-corrected chi connectivity index (χ1v) is 5.03. The van der Waals surface area contributed by atoms with Gasteiger partial charge in [-0.25, -0.2) is 4.98 Å². The highest BCUT2D eigenvalue weighted by atomic mass is 35.5. The van der Waals surface area contributed by atoms with Crippen molar-refractivity contribution in [2.24, 2.45) is 0 Å². The highest BCUT2D eigenvalue weighted by Crippen LogP contribution is 2.27. The average molecular weight is 219 g/mol. The summed E-state index contributed by atoms with van der Waals surface area (Å²) in [6.45, 7) is 1.97. The van der Waals surface area contributed by atoms with E-state index in [1.54, 1.807) is 6.20 Å². The first-order chi connectivity index (χ1) is 7.18. The molecule has 2 nitrogen and oxygen atoms in total. The summed E-state index contributed by atoms with van der Waals surface area (Å²) in [5.74, 6) is 0.525. The SMILES string of the molecule is Cc1ccc(-c2cccnc2N)cc1Cl. The maximum Gasteiger partial charge on any atom is 0.131 e. The molecule has 0 aliphatic carbocycles. The van der Waals surface area contributed by atoms with Crippen molar-refractivity contribution in [2.45, 2.75) is 6.92 Å². The summed E-state index contributed by atoms with van der Waals surface area (Å²) in [6.07, 6.45) is 1.68. The number of halogens is 1. The number of nitrogens with zero attached hydrogens (tertiary/aromatic N) is 1. The number of anilines is 1. The van der Waals surface area contributed by atoms with Gasteiger partial charge in [0.15, 0.2) is 0 Å². The highest BCUT2D eigenvalue weighted by molar-refractivity contribution is 6.31. The molecule has 3 heteroatoms. The molecule has 0 atom stereocenters. The van der Waals surface area contributed by atoms with E-state index in [2.05, 4.69) is 4.98 Å². The average Bonchev–Trinajstić information content (AvgIpc) is 2.23. The number of aryl methyl sites for hydroxylation is 1. The number of benzene rings is 1. The van der Waals surface area contributed by atoms with E-state index in [0.717, 1.165) is 21.7 Å². The molecule has 1 aromatic carbocycles. The molecule has 2 rings (SSSR count). The number of pyridine rings is 1. The van der Waals surface area contributed by atoms with Gasteiger partial charge >= 0.3 is 0 Å². The topological polar surface area (TPSA) is 38.9 Å². The molecule has 0 radical (unpaired) electrons. The lowest BCUT2D eigenvalue weighted by Crippen LogP contribution is -1.93. The van der Waals surface area contributed by atoms with Gasteiger partial charge in [-0.1, -0.05) is 23.7 Å². The van der Waals surface area contributed by atoms with Crippen LogP contribution in [0.25, 0.3) is 11.1 Å². The van der Waals surface area contributed by atoms with E-state index in [1.165, 1.54) is 0 Å². The summed E-state index contributed by atoms with van der Waals surface area (Å²) >= 11 is 6.05. The lowest BCUT2D eigenvalue weighted by molar-refractivity contribution is 1.33. The standard InChI is InChI=1S/C12H11ClN2/c1-8-4-5-9(7-11(8)13)10-3-2-6-15-12(10)14/h2-7H,1H3,(H2,14,15). The van der Waals surface area contributed by atoms with Crippen molar-refractivity contribution in [2.75, 3.05) is 5.73 Å². The van der Waals surface area contributed by atoms with Crippen LogP contribution < -0.4 is 5.73 Å². The fourth-order valence-corrected chi connectivity index (χ4v) is 1.60. The maximum absolute atomic E-state index is 6.05. The molecule has 0 aliphatic heterocycles. The van der Waals surface area contributed by atoms with Crippen LogP contribution in [0.3, 0.4) is 0 Å². The second-order valence-corrected chi connectivity index (χ2v) is 3.81. The third-order valence-electron chi connectivity index (χ3n) is 2.32. The monoisotopic (exact) mass is 218 g/mol. The Balaban J connectivity index is 2.55. The van der Waals surface area contributed by atoms with Crippen molar-refractivity contribution in [1.29, 1.82) is 0 Å². The molecule has 76 valence electrons. The van der Waals surface area contributed by atoms with Gasteiger partial charge in [-0.2, -0.15) is 0 Å². The number of nitrogens with two attached hydrogens (primary N) is 1. The Morgan fingerprint density at radius 1 is 1.27 bits per heavy atom. The number of aromatic nitrogens is 1. The lowest BCUT2D eigenvalue weighted by atomic mass is 10.1. The molecule has 0 saturated heterocycles. The largest absolute Gasteiger partial charge is 0.383 e. The van der Waals surface area contributed by atoms with Crippen LogP contribution in [0.5, 0.6) is 0 Å². The zero-order valence-corrected chi connectivity index (χ0v) is 9.12. The van der Waals surface area contributed by atoms with E-state index in [9.17, 15) is 0 Å². The van der Waals surface area contributed by atoms with E-state index in [4.69, 9.17) is 17.3 Å². The van der Waals surface area contributed by atoms with Crippen molar-refractivity contribution < 1.29 is 0 Å². The second kappa shape index (κ2) is 3.91. The molecule has 0 fully saturated rings. The molecule has 0 aliphatic rings. The minimum Gasteiger partial charge on any atom is -0.383 e. The summed E-state index contributed by atoms with van der Waals surface area (Å²) in [7, 11) is 0. The minimum atomic E-state index is 0.525. The van der Waals surface area contributed by atoms with Crippen LogP contribution in [0.4, 0.5) is 5.82 Å². The molecule has 2 aromatic rings. The number of hydrogen-bond donors (Lipinski definition) is 1. The van der Waals surface area contributed by atoms with Crippen LogP contribution in [0.15, 0.2) is 36.5 Å². The van der Waals surface area contributed by atoms with E-state index >= 15 is 0 Å². The van der Waals surface area contributed by atoms with E-state index < -0.39 is 0 Å². The van der Waals surface area contributed by atoms with Gasteiger partial charge in [0.2, 0.25) is 0 Å². The van der Waals surface area contributed by atoms with Crippen molar-refractivity contribution in [1.82, 2.24) is 4.98 Å². The second-order valence-electron chi connectivity index (χ2n) is 3.40. The van der Waals surface area contributed by atoms with Gasteiger partial charge in [-0.3, -0.25) is 0 Å². The molecule has 1 heterocycles. The normalized spacial score (nSPS) is 10.3. The molecular formula is C12H11ClN2. The predicted octanol–water partition coefficient (Wildman–Crippen LogP) is 3.29. The fraction of sp³-hybridized carbons (Fsp3) is 0.0833. The van der Waals surface area contributed by atoms with Crippen LogP contribution in [-0.4, -0.2) is 4.98 Å². The van der Waals surface area contributed by atoms with Crippen LogP contribution >= 0.6 is 11.6 Å². The van der Waals surface area contributed by atoms with E-state index in [1.807, 2.05) is 37.3 Å². The fourth-order valence-electron chi connectivity index (χ4n) is 1.42. The van der Waals surface area contributed by atoms with E-state index in [0.29, 0.717) is 5.82 Å². The highest BCUT2D eigenvalue weighted by Gasteiger charge is 2.04. The lowest BCUT2D eigenvalue weighted by Gasteiger charge is -2.06. The summed E-state index contributed by atoms with van der Waals surface area (Å²) in [6, 6.07) is 9.67. The van der Waals surface area contributed by atoms with Crippen molar-refractivity contribution in [3.63, 3.8) is 0 Å². The predicted molar refractivity (Wildman–Crippen MR) is 63.8 cm³/mol. The molecule has 2 N–H and O–H groups in total. The summed E-state index contributed by atoms with van der Waals surface area (Å²) < 4.78 is 0. The zero-order valence-electron chi connectivity index (χ0n) is 8.37. The first kappa shape index (κ1) is 9.99. The Morgan fingerprint density at radius 2 is 2.07 bits per heavy atom. The quantitative estimate of drug-likeness (QED) is 0.798. The van der Waals surface area contributed by atoms with Crippen LogP contribution in [0.2, 0.25) is 5.02 Å². The van der Waals surface area contributed by atoms with Crippen LogP contribution in [-0.2, 0) is 0 Å². The first-order valence-electron chi connectivity index (χ1n) is 4.65.